The zero-order valence-corrected chi connectivity index (χ0v) is 17.1. The smallest absolute Gasteiger partial charge is 0.216 e. The molecular formula is C18H22N6O2S2. The van der Waals surface area contributed by atoms with Gasteiger partial charge in [0.15, 0.2) is 21.8 Å². The topological polar surface area (TPSA) is 112 Å². The first-order chi connectivity index (χ1) is 13.7. The fourth-order valence-electron chi connectivity index (χ4n) is 2.37. The molecule has 3 aromatic rings. The van der Waals surface area contributed by atoms with Gasteiger partial charge in [-0.15, -0.1) is 0 Å². The van der Waals surface area contributed by atoms with Crippen LogP contribution in [-0.4, -0.2) is 52.2 Å². The Kier molecular flexibility index (Phi) is 7.40. The predicted molar refractivity (Wildman–Crippen MR) is 114 cm³/mol. The zero-order chi connectivity index (χ0) is 19.8. The standard InChI is InChI=1S/C18H22N6O2S2/c1-12(26)19-7-8-21-17-23-16-14(28-17)15(20-9-10-25)22-18(24-16)27-11-13-5-3-2-4-6-13/h2-6,25H,7-11H2,1H3,(H,19,26)(H2,20,21,22,23,24). The lowest BCUT2D eigenvalue weighted by Crippen LogP contribution is -2.26. The van der Waals surface area contributed by atoms with Crippen molar-refractivity contribution < 1.29 is 9.90 Å². The number of aliphatic hydroxyl groups is 1. The number of hydrogen-bond acceptors (Lipinski definition) is 9. The second-order valence-corrected chi connectivity index (χ2v) is 7.80. The van der Waals surface area contributed by atoms with Crippen LogP contribution in [0.15, 0.2) is 35.5 Å². The van der Waals surface area contributed by atoms with Gasteiger partial charge in [-0.05, 0) is 5.56 Å². The van der Waals surface area contributed by atoms with Crippen molar-refractivity contribution in [3.05, 3.63) is 35.9 Å². The summed E-state index contributed by atoms with van der Waals surface area (Å²) in [6.07, 6.45) is 0. The van der Waals surface area contributed by atoms with Crippen LogP contribution in [0.3, 0.4) is 0 Å². The van der Waals surface area contributed by atoms with E-state index in [1.165, 1.54) is 23.8 Å². The number of hydrogen-bond donors (Lipinski definition) is 4. The first-order valence-corrected chi connectivity index (χ1v) is 10.6. The number of rotatable bonds is 10. The number of fused-ring (bicyclic) bond motifs is 1. The van der Waals surface area contributed by atoms with Gasteiger partial charge in [0, 0.05) is 32.3 Å². The normalized spacial score (nSPS) is 10.8. The van der Waals surface area contributed by atoms with Crippen LogP contribution in [0.5, 0.6) is 0 Å². The summed E-state index contributed by atoms with van der Waals surface area (Å²) in [5.74, 6) is 1.37. The van der Waals surface area contributed by atoms with Gasteiger partial charge < -0.3 is 21.1 Å². The van der Waals surface area contributed by atoms with Crippen LogP contribution in [0.2, 0.25) is 0 Å². The highest BCUT2D eigenvalue weighted by molar-refractivity contribution is 7.98. The number of aromatic nitrogens is 3. The van der Waals surface area contributed by atoms with Crippen LogP contribution in [0.25, 0.3) is 10.3 Å². The Bertz CT molecular complexity index is 919. The summed E-state index contributed by atoms with van der Waals surface area (Å²) in [6, 6.07) is 10.1. The maximum atomic E-state index is 10.9. The minimum atomic E-state index is -0.0625. The van der Waals surface area contributed by atoms with Crippen molar-refractivity contribution in [3.8, 4) is 0 Å². The number of nitrogens with zero attached hydrogens (tertiary/aromatic N) is 3. The third-order valence-electron chi connectivity index (χ3n) is 3.62. The number of carbonyl (C=O) groups excluding carboxylic acids is 1. The molecule has 0 saturated carbocycles. The molecule has 0 bridgehead atoms. The van der Waals surface area contributed by atoms with Crippen molar-refractivity contribution in [2.24, 2.45) is 0 Å². The Morgan fingerprint density at radius 1 is 1.11 bits per heavy atom. The van der Waals surface area contributed by atoms with Gasteiger partial charge in [0.25, 0.3) is 0 Å². The van der Waals surface area contributed by atoms with Crippen LogP contribution >= 0.6 is 23.1 Å². The molecule has 2 heterocycles. The lowest BCUT2D eigenvalue weighted by Gasteiger charge is -2.06. The number of carbonyl (C=O) groups is 1. The summed E-state index contributed by atoms with van der Waals surface area (Å²) in [6.45, 7) is 2.99. The second-order valence-electron chi connectivity index (χ2n) is 5.86. The minimum absolute atomic E-state index is 0.0125. The Labute approximate surface area is 171 Å². The summed E-state index contributed by atoms with van der Waals surface area (Å²) >= 11 is 2.98. The van der Waals surface area contributed by atoms with E-state index in [4.69, 9.17) is 5.11 Å². The van der Waals surface area contributed by atoms with Gasteiger partial charge in [-0.1, -0.05) is 53.4 Å². The molecule has 148 valence electrons. The molecule has 10 heteroatoms. The van der Waals surface area contributed by atoms with Gasteiger partial charge >= 0.3 is 0 Å². The average molecular weight is 419 g/mol. The second kappa shape index (κ2) is 10.2. The summed E-state index contributed by atoms with van der Waals surface area (Å²) in [4.78, 5) is 24.7. The molecule has 1 aromatic carbocycles. The van der Waals surface area contributed by atoms with Crippen LogP contribution in [-0.2, 0) is 10.5 Å². The molecule has 4 N–H and O–H groups in total. The third kappa shape index (κ3) is 5.78. The minimum Gasteiger partial charge on any atom is -0.395 e. The van der Waals surface area contributed by atoms with E-state index in [1.54, 1.807) is 11.8 Å². The summed E-state index contributed by atoms with van der Waals surface area (Å²) in [7, 11) is 0. The van der Waals surface area contributed by atoms with E-state index >= 15 is 0 Å². The van der Waals surface area contributed by atoms with Gasteiger partial charge in [-0.3, -0.25) is 4.79 Å². The van der Waals surface area contributed by atoms with E-state index < -0.39 is 0 Å². The van der Waals surface area contributed by atoms with Crippen molar-refractivity contribution >= 4 is 50.3 Å². The molecule has 0 atom stereocenters. The Morgan fingerprint density at radius 2 is 1.93 bits per heavy atom. The largest absolute Gasteiger partial charge is 0.395 e. The maximum Gasteiger partial charge on any atom is 0.216 e. The molecule has 28 heavy (non-hydrogen) atoms. The van der Waals surface area contributed by atoms with Gasteiger partial charge in [0.1, 0.15) is 4.70 Å². The quantitative estimate of drug-likeness (QED) is 0.225. The number of anilines is 2. The monoisotopic (exact) mass is 418 g/mol. The number of aliphatic hydroxyl groups excluding tert-OH is 1. The van der Waals surface area contributed by atoms with E-state index in [0.29, 0.717) is 41.4 Å². The number of amides is 1. The summed E-state index contributed by atoms with van der Waals surface area (Å²) < 4.78 is 0.833. The first kappa shape index (κ1) is 20.3. The highest BCUT2D eigenvalue weighted by atomic mass is 32.2. The molecule has 8 nitrogen and oxygen atoms in total. The predicted octanol–water partition coefficient (Wildman–Crippen LogP) is 2.33. The van der Waals surface area contributed by atoms with E-state index in [0.717, 1.165) is 10.5 Å². The third-order valence-corrected chi connectivity index (χ3v) is 5.55. The maximum absolute atomic E-state index is 10.9. The summed E-state index contributed by atoms with van der Waals surface area (Å²) in [5.41, 5.74) is 1.80. The lowest BCUT2D eigenvalue weighted by molar-refractivity contribution is -0.118. The molecule has 3 rings (SSSR count). The van der Waals surface area contributed by atoms with E-state index in [1.807, 2.05) is 18.2 Å². The number of thioether (sulfide) groups is 1. The fraction of sp³-hybridized carbons (Fsp3) is 0.333. The molecular weight excluding hydrogens is 396 g/mol. The lowest BCUT2D eigenvalue weighted by atomic mass is 10.2. The Hall–Kier alpha value is -2.43. The SMILES string of the molecule is CC(=O)NCCNc1nc2nc(SCc3ccccc3)nc(NCCO)c2s1. The van der Waals surface area contributed by atoms with Crippen molar-refractivity contribution in [2.45, 2.75) is 17.8 Å². The van der Waals surface area contributed by atoms with Gasteiger partial charge in [0.2, 0.25) is 5.91 Å². The number of benzene rings is 1. The molecule has 0 saturated heterocycles. The Morgan fingerprint density at radius 3 is 2.68 bits per heavy atom. The summed E-state index contributed by atoms with van der Waals surface area (Å²) in [5, 5.41) is 19.6. The molecule has 0 radical (unpaired) electrons. The highest BCUT2D eigenvalue weighted by Crippen LogP contribution is 2.32. The van der Waals surface area contributed by atoms with Gasteiger partial charge in [0.05, 0.1) is 6.61 Å². The van der Waals surface area contributed by atoms with Gasteiger partial charge in [-0.25, -0.2) is 9.97 Å². The molecule has 0 aliphatic rings. The highest BCUT2D eigenvalue weighted by Gasteiger charge is 2.14. The Balaban J connectivity index is 1.75. The molecule has 1 amide bonds. The van der Waals surface area contributed by atoms with E-state index in [9.17, 15) is 4.79 Å². The molecule has 0 fully saturated rings. The van der Waals surface area contributed by atoms with Crippen molar-refractivity contribution in [1.29, 1.82) is 0 Å². The fourth-order valence-corrected chi connectivity index (χ4v) is 4.06. The van der Waals surface area contributed by atoms with Crippen LogP contribution in [0.4, 0.5) is 10.9 Å². The number of nitrogens with one attached hydrogen (secondary N) is 3. The molecule has 0 spiro atoms. The van der Waals surface area contributed by atoms with E-state index in [-0.39, 0.29) is 12.5 Å². The van der Waals surface area contributed by atoms with Crippen molar-refractivity contribution in [1.82, 2.24) is 20.3 Å². The first-order valence-electron chi connectivity index (χ1n) is 8.84. The van der Waals surface area contributed by atoms with Crippen LogP contribution < -0.4 is 16.0 Å². The van der Waals surface area contributed by atoms with E-state index in [2.05, 4.69) is 43.0 Å². The van der Waals surface area contributed by atoms with Crippen molar-refractivity contribution in [2.75, 3.05) is 36.9 Å². The van der Waals surface area contributed by atoms with Crippen molar-refractivity contribution in [3.63, 3.8) is 0 Å². The van der Waals surface area contributed by atoms with Gasteiger partial charge in [-0.2, -0.15) is 4.98 Å². The molecule has 0 aliphatic carbocycles. The number of thiazole rings is 1. The average Bonchev–Trinajstić information content (AvgIpc) is 3.11. The van der Waals surface area contributed by atoms with Crippen LogP contribution in [0.1, 0.15) is 12.5 Å². The molecule has 2 aromatic heterocycles. The molecule has 0 unspecified atom stereocenters. The zero-order valence-electron chi connectivity index (χ0n) is 15.4. The molecule has 0 aliphatic heterocycles. The van der Waals surface area contributed by atoms with Crippen LogP contribution in [0, 0.1) is 0 Å².